The van der Waals surface area contributed by atoms with Gasteiger partial charge >= 0.3 is 0 Å². The molecule has 204 valence electrons. The number of hydrogen-bond donors (Lipinski definition) is 3. The van der Waals surface area contributed by atoms with Gasteiger partial charge in [-0.1, -0.05) is 6.07 Å². The molecular formula is C29H31F2N5O3. The van der Waals surface area contributed by atoms with Gasteiger partial charge in [0.25, 0.3) is 5.91 Å². The Balaban J connectivity index is 1.37. The van der Waals surface area contributed by atoms with Crippen molar-refractivity contribution in [3.63, 3.8) is 0 Å². The summed E-state index contributed by atoms with van der Waals surface area (Å²) in [6.45, 7) is 8.03. The number of nitrogens with one attached hydrogen (secondary N) is 3. The molecule has 3 aromatic carbocycles. The van der Waals surface area contributed by atoms with Gasteiger partial charge < -0.3 is 25.0 Å². The fourth-order valence-electron chi connectivity index (χ4n) is 5.06. The fourth-order valence-corrected chi connectivity index (χ4v) is 5.06. The summed E-state index contributed by atoms with van der Waals surface area (Å²) in [5.41, 5.74) is 2.06. The summed E-state index contributed by atoms with van der Waals surface area (Å²) in [6.07, 6.45) is 0. The summed E-state index contributed by atoms with van der Waals surface area (Å²) in [4.78, 5) is 15.3. The first-order valence-corrected chi connectivity index (χ1v) is 12.9. The van der Waals surface area contributed by atoms with Gasteiger partial charge in [-0.05, 0) is 62.7 Å². The normalized spacial score (nSPS) is 17.3. The summed E-state index contributed by atoms with van der Waals surface area (Å²) in [6, 6.07) is 14.2. The molecule has 8 nitrogen and oxygen atoms in total. The molecule has 1 fully saturated rings. The second-order valence-electron chi connectivity index (χ2n) is 9.72. The smallest absolute Gasteiger partial charge is 0.256 e. The molecule has 0 saturated carbocycles. The Hall–Kier alpha value is -4.18. The highest BCUT2D eigenvalue weighted by atomic mass is 19.1. The number of carbonyl (C=O) groups excluding carboxylic acids is 1. The van der Waals surface area contributed by atoms with E-state index in [2.05, 4.69) is 39.6 Å². The van der Waals surface area contributed by atoms with E-state index >= 15 is 8.78 Å². The number of methoxy groups -OCH3 is 1. The quantitative estimate of drug-likeness (QED) is 0.295. The first-order chi connectivity index (χ1) is 18.8. The molecular weight excluding hydrogens is 504 g/mol. The molecule has 5 rings (SSSR count). The van der Waals surface area contributed by atoms with Crippen LogP contribution >= 0.6 is 0 Å². The minimum Gasteiger partial charge on any atom is -0.494 e. The highest BCUT2D eigenvalue weighted by Gasteiger charge is 2.23. The molecule has 0 bridgehead atoms. The monoisotopic (exact) mass is 535 g/mol. The number of piperazine rings is 1. The number of amides is 1. The van der Waals surface area contributed by atoms with Crippen molar-refractivity contribution in [2.24, 2.45) is 0 Å². The van der Waals surface area contributed by atoms with Crippen LogP contribution in [0.25, 0.3) is 22.0 Å². The highest BCUT2D eigenvalue weighted by molar-refractivity contribution is 6.08. The molecule has 0 radical (unpaired) electrons. The predicted molar refractivity (Wildman–Crippen MR) is 148 cm³/mol. The largest absolute Gasteiger partial charge is 0.494 e. The number of nitrogens with zero attached hydrogens (tertiary/aromatic N) is 2. The van der Waals surface area contributed by atoms with E-state index in [1.54, 1.807) is 37.3 Å². The number of fused-ring (bicyclic) bond motifs is 1. The molecule has 1 aliphatic heterocycles. The third kappa shape index (κ3) is 5.24. The number of aromatic nitrogens is 2. The number of rotatable bonds is 7. The summed E-state index contributed by atoms with van der Waals surface area (Å²) >= 11 is 0. The third-order valence-electron chi connectivity index (χ3n) is 6.79. The van der Waals surface area contributed by atoms with Crippen LogP contribution in [0.5, 0.6) is 11.5 Å². The van der Waals surface area contributed by atoms with Crippen molar-refractivity contribution in [3.8, 4) is 22.6 Å². The van der Waals surface area contributed by atoms with E-state index in [-0.39, 0.29) is 35.1 Å². The Bertz CT molecular complexity index is 1500. The van der Waals surface area contributed by atoms with Gasteiger partial charge in [-0.3, -0.25) is 9.89 Å². The van der Waals surface area contributed by atoms with E-state index in [1.807, 2.05) is 12.1 Å². The summed E-state index contributed by atoms with van der Waals surface area (Å²) in [5.74, 6) is -1.88. The van der Waals surface area contributed by atoms with Gasteiger partial charge in [0, 0.05) is 47.9 Å². The van der Waals surface area contributed by atoms with E-state index in [4.69, 9.17) is 9.47 Å². The second-order valence-corrected chi connectivity index (χ2v) is 9.72. The maximum absolute atomic E-state index is 15.2. The van der Waals surface area contributed by atoms with Gasteiger partial charge in [0.1, 0.15) is 0 Å². The summed E-state index contributed by atoms with van der Waals surface area (Å²) < 4.78 is 40.7. The zero-order chi connectivity index (χ0) is 27.7. The number of hydrogen-bond acceptors (Lipinski definition) is 6. The number of anilines is 2. The van der Waals surface area contributed by atoms with Crippen molar-refractivity contribution in [1.29, 1.82) is 0 Å². The highest BCUT2D eigenvalue weighted by Crippen LogP contribution is 2.39. The third-order valence-corrected chi connectivity index (χ3v) is 6.79. The lowest BCUT2D eigenvalue weighted by molar-refractivity contribution is 0.102. The van der Waals surface area contributed by atoms with E-state index in [1.165, 1.54) is 13.2 Å². The van der Waals surface area contributed by atoms with Crippen LogP contribution in [0.4, 0.5) is 20.3 Å². The summed E-state index contributed by atoms with van der Waals surface area (Å²) in [7, 11) is 1.31. The average Bonchev–Trinajstić information content (AvgIpc) is 3.31. The zero-order valence-electron chi connectivity index (χ0n) is 22.3. The number of ether oxygens (including phenoxy) is 2. The van der Waals surface area contributed by atoms with Crippen molar-refractivity contribution >= 4 is 28.3 Å². The predicted octanol–water partition coefficient (Wildman–Crippen LogP) is 5.35. The number of benzene rings is 3. The Labute approximate surface area is 225 Å². The lowest BCUT2D eigenvalue weighted by Gasteiger charge is -2.37. The van der Waals surface area contributed by atoms with Gasteiger partial charge in [0.2, 0.25) is 0 Å². The molecule has 1 amide bonds. The molecule has 10 heteroatoms. The molecule has 1 aliphatic rings. The van der Waals surface area contributed by atoms with Crippen LogP contribution in [0.1, 0.15) is 31.1 Å². The Morgan fingerprint density at radius 3 is 2.41 bits per heavy atom. The van der Waals surface area contributed by atoms with Crippen LogP contribution in [0, 0.1) is 11.6 Å². The zero-order valence-corrected chi connectivity index (χ0v) is 22.3. The first-order valence-electron chi connectivity index (χ1n) is 12.9. The van der Waals surface area contributed by atoms with Crippen molar-refractivity contribution in [2.75, 3.05) is 37.0 Å². The lowest BCUT2D eigenvalue weighted by Crippen LogP contribution is -2.54. The number of carbonyl (C=O) groups is 1. The van der Waals surface area contributed by atoms with E-state index < -0.39 is 11.6 Å². The molecule has 1 saturated heterocycles. The molecule has 4 aromatic rings. The van der Waals surface area contributed by atoms with Gasteiger partial charge in [-0.25, -0.2) is 8.78 Å². The van der Waals surface area contributed by atoms with Gasteiger partial charge in [-0.15, -0.1) is 0 Å². The molecule has 39 heavy (non-hydrogen) atoms. The van der Waals surface area contributed by atoms with Crippen LogP contribution < -0.4 is 25.0 Å². The molecule has 0 spiro atoms. The van der Waals surface area contributed by atoms with Crippen molar-refractivity contribution in [3.05, 3.63) is 65.7 Å². The van der Waals surface area contributed by atoms with Crippen molar-refractivity contribution in [2.45, 2.75) is 32.9 Å². The topological polar surface area (TPSA) is 91.5 Å². The van der Waals surface area contributed by atoms with Crippen molar-refractivity contribution < 1.29 is 23.0 Å². The van der Waals surface area contributed by atoms with Crippen LogP contribution in [-0.2, 0) is 0 Å². The van der Waals surface area contributed by atoms with E-state index in [0.29, 0.717) is 34.4 Å². The molecule has 2 heterocycles. The number of aromatic amines is 1. The summed E-state index contributed by atoms with van der Waals surface area (Å²) in [5, 5.41) is 14.0. The van der Waals surface area contributed by atoms with Crippen molar-refractivity contribution in [1.82, 2.24) is 15.5 Å². The number of H-pyrrole nitrogens is 1. The minimum atomic E-state index is -0.834. The lowest BCUT2D eigenvalue weighted by atomic mass is 10.0. The second kappa shape index (κ2) is 10.9. The van der Waals surface area contributed by atoms with E-state index in [0.717, 1.165) is 18.8 Å². The SMILES string of the molecule is CCOc1cc(OC)c(F)c(-c2ccc3c(NC(=O)c4ccc(N5C[C@@H](C)N[C@@H](C)C5)cc4)n[nH]c3c2)c1F. The Kier molecular flexibility index (Phi) is 7.38. The molecule has 2 atom stereocenters. The van der Waals surface area contributed by atoms with E-state index in [9.17, 15) is 4.79 Å². The average molecular weight is 536 g/mol. The number of halogens is 2. The van der Waals surface area contributed by atoms with Gasteiger partial charge in [0.05, 0.1) is 24.8 Å². The standard InChI is InChI=1S/C29H31F2N5O3/c1-5-39-24-13-23(38-4)26(30)25(27(24)31)19-8-11-21-22(12-19)34-35-28(21)33-29(37)18-6-9-20(10-7-18)36-14-16(2)32-17(3)15-36/h6-13,16-17,32H,5,14-15H2,1-4H3,(H2,33,34,35,37)/t16-,17+. The molecule has 0 aliphatic carbocycles. The maximum Gasteiger partial charge on any atom is 0.256 e. The van der Waals surface area contributed by atoms with Gasteiger partial charge in [0.15, 0.2) is 29.0 Å². The molecule has 0 unspecified atom stereocenters. The molecule has 3 N–H and O–H groups in total. The van der Waals surface area contributed by atoms with Crippen LogP contribution in [-0.4, -0.2) is 55.0 Å². The van der Waals surface area contributed by atoms with Crippen LogP contribution in [0.3, 0.4) is 0 Å². The minimum absolute atomic E-state index is 0.101. The van der Waals surface area contributed by atoms with Crippen LogP contribution in [0.15, 0.2) is 48.5 Å². The Morgan fingerprint density at radius 1 is 1.05 bits per heavy atom. The van der Waals surface area contributed by atoms with Crippen LogP contribution in [0.2, 0.25) is 0 Å². The van der Waals surface area contributed by atoms with Gasteiger partial charge in [-0.2, -0.15) is 5.10 Å². The Morgan fingerprint density at radius 2 is 1.74 bits per heavy atom. The maximum atomic E-state index is 15.2. The fraction of sp³-hybridized carbons (Fsp3) is 0.310. The molecule has 1 aromatic heterocycles. The first kappa shape index (κ1) is 26.4.